The van der Waals surface area contributed by atoms with E-state index in [0.29, 0.717) is 29.4 Å². The first-order valence-electron chi connectivity index (χ1n) is 6.87. The number of nitrogens with zero attached hydrogens (tertiary/aromatic N) is 1. The van der Waals surface area contributed by atoms with Gasteiger partial charge in [0, 0.05) is 0 Å². The maximum atomic E-state index is 9.22. The van der Waals surface area contributed by atoms with Crippen molar-refractivity contribution in [2.24, 2.45) is 5.41 Å². The summed E-state index contributed by atoms with van der Waals surface area (Å²) in [5.41, 5.74) is 0.347. The standard InChI is InChI=1S/C16H23NO4/c1-16(2,11-17)6-5-7-21-15-13(19-3)8-12(10-18)9-14(15)20-4/h8-9,18H,5-7,10H2,1-4H3. The van der Waals surface area contributed by atoms with Crippen molar-refractivity contribution in [2.45, 2.75) is 33.3 Å². The minimum absolute atomic E-state index is 0.0939. The van der Waals surface area contributed by atoms with Gasteiger partial charge < -0.3 is 19.3 Å². The third-order valence-corrected chi connectivity index (χ3v) is 3.20. The Morgan fingerprint density at radius 2 is 1.76 bits per heavy atom. The average Bonchev–Trinajstić information content (AvgIpc) is 2.50. The number of hydrogen-bond acceptors (Lipinski definition) is 5. The number of aliphatic hydroxyl groups is 1. The number of hydrogen-bond donors (Lipinski definition) is 1. The summed E-state index contributed by atoms with van der Waals surface area (Å²) in [6.07, 6.45) is 1.51. The second kappa shape index (κ2) is 7.75. The molecule has 0 heterocycles. The lowest BCUT2D eigenvalue weighted by Crippen LogP contribution is -2.10. The van der Waals surface area contributed by atoms with Crippen molar-refractivity contribution < 1.29 is 19.3 Å². The largest absolute Gasteiger partial charge is 0.493 e. The zero-order valence-electron chi connectivity index (χ0n) is 13.1. The molecule has 0 radical (unpaired) electrons. The predicted molar refractivity (Wildman–Crippen MR) is 79.6 cm³/mol. The highest BCUT2D eigenvalue weighted by Crippen LogP contribution is 2.38. The molecule has 0 saturated heterocycles. The number of methoxy groups -OCH3 is 2. The van der Waals surface area contributed by atoms with Gasteiger partial charge in [-0.2, -0.15) is 5.26 Å². The van der Waals surface area contributed by atoms with Crippen LogP contribution in [0.25, 0.3) is 0 Å². The fourth-order valence-electron chi connectivity index (χ4n) is 1.91. The van der Waals surface area contributed by atoms with Gasteiger partial charge in [-0.05, 0) is 44.4 Å². The van der Waals surface area contributed by atoms with Crippen LogP contribution in [0.4, 0.5) is 0 Å². The van der Waals surface area contributed by atoms with E-state index in [9.17, 15) is 5.11 Å². The first-order valence-corrected chi connectivity index (χ1v) is 6.87. The zero-order chi connectivity index (χ0) is 15.9. The van der Waals surface area contributed by atoms with E-state index in [2.05, 4.69) is 6.07 Å². The molecule has 0 atom stereocenters. The van der Waals surface area contributed by atoms with Crippen LogP contribution < -0.4 is 14.2 Å². The number of ether oxygens (including phenoxy) is 3. The average molecular weight is 293 g/mol. The van der Waals surface area contributed by atoms with Crippen LogP contribution >= 0.6 is 0 Å². The van der Waals surface area contributed by atoms with Crippen LogP contribution in [0.2, 0.25) is 0 Å². The van der Waals surface area contributed by atoms with E-state index >= 15 is 0 Å². The van der Waals surface area contributed by atoms with Crippen molar-refractivity contribution >= 4 is 0 Å². The molecule has 0 spiro atoms. The van der Waals surface area contributed by atoms with Crippen LogP contribution in [-0.4, -0.2) is 25.9 Å². The quantitative estimate of drug-likeness (QED) is 0.746. The lowest BCUT2D eigenvalue weighted by atomic mass is 9.90. The molecule has 1 aromatic carbocycles. The molecule has 21 heavy (non-hydrogen) atoms. The van der Waals surface area contributed by atoms with E-state index in [1.54, 1.807) is 26.4 Å². The topological polar surface area (TPSA) is 71.7 Å². The lowest BCUT2D eigenvalue weighted by Gasteiger charge is -2.17. The summed E-state index contributed by atoms with van der Waals surface area (Å²) in [6.45, 7) is 4.19. The van der Waals surface area contributed by atoms with Gasteiger partial charge in [-0.15, -0.1) is 0 Å². The van der Waals surface area contributed by atoms with E-state index in [1.807, 2.05) is 13.8 Å². The smallest absolute Gasteiger partial charge is 0.203 e. The van der Waals surface area contributed by atoms with E-state index in [1.165, 1.54) is 0 Å². The van der Waals surface area contributed by atoms with Crippen LogP contribution in [0.5, 0.6) is 17.2 Å². The summed E-state index contributed by atoms with van der Waals surface area (Å²) in [4.78, 5) is 0. The van der Waals surface area contributed by atoms with Crippen molar-refractivity contribution in [2.75, 3.05) is 20.8 Å². The third-order valence-electron chi connectivity index (χ3n) is 3.20. The normalized spacial score (nSPS) is 10.9. The maximum Gasteiger partial charge on any atom is 0.203 e. The second-order valence-corrected chi connectivity index (χ2v) is 5.44. The van der Waals surface area contributed by atoms with Crippen molar-refractivity contribution in [1.29, 1.82) is 5.26 Å². The summed E-state index contributed by atoms with van der Waals surface area (Å²) in [5.74, 6) is 1.57. The Balaban J connectivity index is 2.76. The maximum absolute atomic E-state index is 9.22. The fourth-order valence-corrected chi connectivity index (χ4v) is 1.91. The molecule has 0 fully saturated rings. The number of benzene rings is 1. The Hall–Kier alpha value is -1.93. The summed E-state index contributed by atoms with van der Waals surface area (Å²) in [7, 11) is 3.09. The van der Waals surface area contributed by atoms with Crippen molar-refractivity contribution in [3.63, 3.8) is 0 Å². The Morgan fingerprint density at radius 1 is 1.19 bits per heavy atom. The van der Waals surface area contributed by atoms with Crippen LogP contribution in [0.1, 0.15) is 32.3 Å². The lowest BCUT2D eigenvalue weighted by molar-refractivity contribution is 0.252. The Bertz CT molecular complexity index is 480. The molecule has 0 bridgehead atoms. The van der Waals surface area contributed by atoms with Gasteiger partial charge in [-0.1, -0.05) is 0 Å². The first-order chi connectivity index (χ1) is 9.97. The Labute approximate surface area is 126 Å². The highest BCUT2D eigenvalue weighted by Gasteiger charge is 2.17. The van der Waals surface area contributed by atoms with Crippen LogP contribution in [0.15, 0.2) is 12.1 Å². The summed E-state index contributed by atoms with van der Waals surface area (Å²) >= 11 is 0. The third kappa shape index (κ3) is 4.83. The Kier molecular flexibility index (Phi) is 6.32. The molecule has 0 aromatic heterocycles. The van der Waals surface area contributed by atoms with E-state index in [0.717, 1.165) is 12.8 Å². The van der Waals surface area contributed by atoms with Gasteiger partial charge in [-0.3, -0.25) is 0 Å². The zero-order valence-corrected chi connectivity index (χ0v) is 13.1. The fraction of sp³-hybridized carbons (Fsp3) is 0.562. The van der Waals surface area contributed by atoms with Gasteiger partial charge in [-0.25, -0.2) is 0 Å². The van der Waals surface area contributed by atoms with Gasteiger partial charge in [0.1, 0.15) is 0 Å². The van der Waals surface area contributed by atoms with E-state index in [4.69, 9.17) is 19.5 Å². The molecule has 0 aliphatic heterocycles. The van der Waals surface area contributed by atoms with Gasteiger partial charge in [0.05, 0.1) is 38.9 Å². The van der Waals surface area contributed by atoms with Crippen molar-refractivity contribution in [1.82, 2.24) is 0 Å². The number of aliphatic hydroxyl groups excluding tert-OH is 1. The molecule has 1 rings (SSSR count). The molecule has 0 saturated carbocycles. The van der Waals surface area contributed by atoms with Gasteiger partial charge in [0.25, 0.3) is 0 Å². The van der Waals surface area contributed by atoms with Gasteiger partial charge in [0.15, 0.2) is 11.5 Å². The first kappa shape index (κ1) is 17.1. The molecule has 0 aliphatic carbocycles. The molecule has 1 aromatic rings. The SMILES string of the molecule is COc1cc(CO)cc(OC)c1OCCCC(C)(C)C#N. The van der Waals surface area contributed by atoms with E-state index in [-0.39, 0.29) is 12.0 Å². The van der Waals surface area contributed by atoms with Crippen molar-refractivity contribution in [3.8, 4) is 23.3 Å². The minimum atomic E-state index is -0.349. The molecule has 1 N–H and O–H groups in total. The predicted octanol–water partition coefficient (Wildman–Crippen LogP) is 2.90. The van der Waals surface area contributed by atoms with Gasteiger partial charge >= 0.3 is 0 Å². The highest BCUT2D eigenvalue weighted by molar-refractivity contribution is 5.53. The second-order valence-electron chi connectivity index (χ2n) is 5.44. The van der Waals surface area contributed by atoms with Crippen LogP contribution in [0, 0.1) is 16.7 Å². The molecular weight excluding hydrogens is 270 g/mol. The Morgan fingerprint density at radius 3 is 2.19 bits per heavy atom. The molecule has 5 heteroatoms. The van der Waals surface area contributed by atoms with E-state index < -0.39 is 0 Å². The number of rotatable bonds is 8. The molecule has 0 aliphatic rings. The number of nitriles is 1. The summed E-state index contributed by atoms with van der Waals surface area (Å²) in [6, 6.07) is 5.71. The molecule has 0 unspecified atom stereocenters. The van der Waals surface area contributed by atoms with Crippen LogP contribution in [-0.2, 0) is 6.61 Å². The summed E-state index contributed by atoms with van der Waals surface area (Å²) < 4.78 is 16.3. The highest BCUT2D eigenvalue weighted by atomic mass is 16.5. The summed E-state index contributed by atoms with van der Waals surface area (Å²) in [5, 5.41) is 18.2. The monoisotopic (exact) mass is 293 g/mol. The molecule has 116 valence electrons. The molecule has 5 nitrogen and oxygen atoms in total. The minimum Gasteiger partial charge on any atom is -0.493 e. The van der Waals surface area contributed by atoms with Crippen LogP contribution in [0.3, 0.4) is 0 Å². The molecule has 0 amide bonds. The van der Waals surface area contributed by atoms with Gasteiger partial charge in [0.2, 0.25) is 5.75 Å². The van der Waals surface area contributed by atoms with Crippen molar-refractivity contribution in [3.05, 3.63) is 17.7 Å². The molecular formula is C16H23NO4.